The van der Waals surface area contributed by atoms with Crippen molar-refractivity contribution in [2.75, 3.05) is 6.54 Å². The second-order valence-electron chi connectivity index (χ2n) is 5.45. The number of phenolic OH excluding ortho intramolecular Hbond substituents is 2. The number of aromatic hydroxyl groups is 2. The Morgan fingerprint density at radius 1 is 0.955 bits per heavy atom. The summed E-state index contributed by atoms with van der Waals surface area (Å²) in [6.07, 6.45) is 6.69. The quantitative estimate of drug-likeness (QED) is 0.532. The normalized spacial score (nSPS) is 13.8. The van der Waals surface area contributed by atoms with Crippen molar-refractivity contribution in [1.82, 2.24) is 5.32 Å². The first-order valence-electron chi connectivity index (χ1n) is 7.65. The summed E-state index contributed by atoms with van der Waals surface area (Å²) in [4.78, 5) is 24.4. The maximum atomic E-state index is 12.3. The molecular weight excluding hydrogens is 282 g/mol. The molecule has 118 valence electrons. The Morgan fingerprint density at radius 2 is 1.59 bits per heavy atom. The van der Waals surface area contributed by atoms with Crippen LogP contribution in [0.3, 0.4) is 0 Å². The van der Waals surface area contributed by atoms with Crippen molar-refractivity contribution in [3.05, 3.63) is 35.0 Å². The third kappa shape index (κ3) is 3.30. The standard InChI is InChI=1S/C17H21NO4/c1-2-3-4-5-6-9-18-11-10-14(21)15-12(19)7-8-13(20)16(15)17(11)22/h7-8,10,18-20H,2-6,9H2,1H3. The monoisotopic (exact) mass is 303 g/mol. The molecule has 0 aliphatic heterocycles. The van der Waals surface area contributed by atoms with Crippen molar-refractivity contribution in [2.45, 2.75) is 39.0 Å². The molecule has 2 rings (SSSR count). The molecule has 0 spiro atoms. The number of nitrogens with one attached hydrogen (secondary N) is 1. The highest BCUT2D eigenvalue weighted by molar-refractivity contribution is 6.26. The van der Waals surface area contributed by atoms with Gasteiger partial charge in [-0.1, -0.05) is 32.6 Å². The molecule has 0 amide bonds. The van der Waals surface area contributed by atoms with Crippen molar-refractivity contribution in [3.8, 4) is 11.5 Å². The molecule has 0 radical (unpaired) electrons. The number of hydrogen-bond donors (Lipinski definition) is 3. The summed E-state index contributed by atoms with van der Waals surface area (Å²) in [6.45, 7) is 2.75. The molecule has 0 aromatic heterocycles. The number of phenols is 2. The number of benzene rings is 1. The molecule has 0 unspecified atom stereocenters. The second-order valence-corrected chi connectivity index (χ2v) is 5.45. The first-order chi connectivity index (χ1) is 10.6. The van der Waals surface area contributed by atoms with Crippen LogP contribution in [-0.2, 0) is 0 Å². The third-order valence-electron chi connectivity index (χ3n) is 3.75. The first kappa shape index (κ1) is 16.1. The first-order valence-corrected chi connectivity index (χ1v) is 7.65. The fourth-order valence-electron chi connectivity index (χ4n) is 2.55. The zero-order valence-electron chi connectivity index (χ0n) is 12.7. The molecule has 5 heteroatoms. The summed E-state index contributed by atoms with van der Waals surface area (Å²) in [5.41, 5.74) is -0.0756. The van der Waals surface area contributed by atoms with E-state index in [1.165, 1.54) is 31.1 Å². The lowest BCUT2D eigenvalue weighted by Gasteiger charge is -2.18. The minimum Gasteiger partial charge on any atom is -0.507 e. The molecule has 0 bridgehead atoms. The Kier molecular flexibility index (Phi) is 5.20. The van der Waals surface area contributed by atoms with E-state index in [0.29, 0.717) is 6.54 Å². The van der Waals surface area contributed by atoms with E-state index in [9.17, 15) is 19.8 Å². The number of rotatable bonds is 7. The number of carbonyl (C=O) groups excluding carboxylic acids is 2. The highest BCUT2D eigenvalue weighted by Crippen LogP contribution is 2.33. The van der Waals surface area contributed by atoms with Gasteiger partial charge in [0, 0.05) is 12.6 Å². The van der Waals surface area contributed by atoms with Crippen molar-refractivity contribution in [1.29, 1.82) is 0 Å². The van der Waals surface area contributed by atoms with Gasteiger partial charge in [-0.15, -0.1) is 0 Å². The third-order valence-corrected chi connectivity index (χ3v) is 3.75. The predicted octanol–water partition coefficient (Wildman–Crippen LogP) is 2.92. The Hall–Kier alpha value is -2.30. The Balaban J connectivity index is 2.05. The smallest absolute Gasteiger partial charge is 0.213 e. The molecule has 5 nitrogen and oxygen atoms in total. The molecule has 3 N–H and O–H groups in total. The topological polar surface area (TPSA) is 86.6 Å². The highest BCUT2D eigenvalue weighted by Gasteiger charge is 2.30. The number of fused-ring (bicyclic) bond motifs is 1. The largest absolute Gasteiger partial charge is 0.507 e. The number of ketones is 2. The summed E-state index contributed by atoms with van der Waals surface area (Å²) in [6, 6.07) is 2.42. The average Bonchev–Trinajstić information content (AvgIpc) is 2.49. The summed E-state index contributed by atoms with van der Waals surface area (Å²) in [5, 5.41) is 22.5. The molecule has 1 aromatic rings. The number of allylic oxidation sites excluding steroid dienone is 2. The number of hydrogen-bond acceptors (Lipinski definition) is 5. The van der Waals surface area contributed by atoms with Gasteiger partial charge in [-0.25, -0.2) is 0 Å². The second kappa shape index (κ2) is 7.11. The van der Waals surface area contributed by atoms with Crippen molar-refractivity contribution in [2.24, 2.45) is 0 Å². The number of Topliss-reactive ketones (excluding diaryl/α,β-unsaturated/α-hetero) is 1. The molecule has 0 fully saturated rings. The Labute approximate surface area is 129 Å². The zero-order valence-corrected chi connectivity index (χ0v) is 12.7. The molecule has 1 aliphatic carbocycles. The van der Waals surface area contributed by atoms with E-state index in [1.54, 1.807) is 0 Å². The van der Waals surface area contributed by atoms with E-state index in [4.69, 9.17) is 0 Å². The number of unbranched alkanes of at least 4 members (excludes halogenated alkanes) is 4. The summed E-state index contributed by atoms with van der Waals surface area (Å²) in [7, 11) is 0. The van der Waals surface area contributed by atoms with Crippen LogP contribution in [-0.4, -0.2) is 28.3 Å². The van der Waals surface area contributed by atoms with Crippen LogP contribution < -0.4 is 5.32 Å². The lowest BCUT2D eigenvalue weighted by atomic mass is 9.91. The van der Waals surface area contributed by atoms with Gasteiger partial charge in [0.1, 0.15) is 11.5 Å². The minimum absolute atomic E-state index is 0.124. The van der Waals surface area contributed by atoms with E-state index in [2.05, 4.69) is 12.2 Å². The number of carbonyl (C=O) groups is 2. The van der Waals surface area contributed by atoms with Gasteiger partial charge in [-0.2, -0.15) is 0 Å². The van der Waals surface area contributed by atoms with Gasteiger partial charge in [0.05, 0.1) is 16.8 Å². The fraction of sp³-hybridized carbons (Fsp3) is 0.412. The van der Waals surface area contributed by atoms with Crippen LogP contribution in [0.5, 0.6) is 11.5 Å². The van der Waals surface area contributed by atoms with Crippen LogP contribution in [0, 0.1) is 0 Å². The van der Waals surface area contributed by atoms with Crippen molar-refractivity contribution >= 4 is 11.6 Å². The molecular formula is C17H21NO4. The molecule has 1 aliphatic rings. The van der Waals surface area contributed by atoms with Crippen LogP contribution in [0.25, 0.3) is 0 Å². The Bertz CT molecular complexity index is 619. The lowest BCUT2D eigenvalue weighted by molar-refractivity contribution is 0.0973. The van der Waals surface area contributed by atoms with Crippen LogP contribution in [0.15, 0.2) is 23.9 Å². The highest BCUT2D eigenvalue weighted by atomic mass is 16.3. The lowest BCUT2D eigenvalue weighted by Crippen LogP contribution is -2.27. The van der Waals surface area contributed by atoms with Crippen LogP contribution >= 0.6 is 0 Å². The Morgan fingerprint density at radius 3 is 2.27 bits per heavy atom. The predicted molar refractivity (Wildman–Crippen MR) is 83.3 cm³/mol. The van der Waals surface area contributed by atoms with Crippen LogP contribution in [0.1, 0.15) is 59.7 Å². The van der Waals surface area contributed by atoms with Gasteiger partial charge in [0.2, 0.25) is 5.78 Å². The van der Waals surface area contributed by atoms with Crippen molar-refractivity contribution < 1.29 is 19.8 Å². The van der Waals surface area contributed by atoms with E-state index in [1.807, 2.05) is 0 Å². The average molecular weight is 303 g/mol. The summed E-state index contributed by atoms with van der Waals surface area (Å²) >= 11 is 0. The molecule has 22 heavy (non-hydrogen) atoms. The van der Waals surface area contributed by atoms with Gasteiger partial charge in [0.25, 0.3) is 0 Å². The minimum atomic E-state index is -0.475. The van der Waals surface area contributed by atoms with Crippen molar-refractivity contribution in [3.63, 3.8) is 0 Å². The molecule has 0 saturated carbocycles. The summed E-state index contributed by atoms with van der Waals surface area (Å²) < 4.78 is 0. The van der Waals surface area contributed by atoms with E-state index in [-0.39, 0.29) is 28.3 Å². The van der Waals surface area contributed by atoms with Gasteiger partial charge in [-0.05, 0) is 18.6 Å². The van der Waals surface area contributed by atoms with Crippen LogP contribution in [0.4, 0.5) is 0 Å². The van der Waals surface area contributed by atoms with Gasteiger partial charge < -0.3 is 15.5 Å². The maximum absolute atomic E-state index is 12.3. The molecule has 1 aromatic carbocycles. The van der Waals surface area contributed by atoms with Gasteiger partial charge in [0.15, 0.2) is 5.78 Å². The zero-order chi connectivity index (χ0) is 16.1. The molecule has 0 heterocycles. The van der Waals surface area contributed by atoms with Gasteiger partial charge in [-0.3, -0.25) is 9.59 Å². The fourth-order valence-corrected chi connectivity index (χ4v) is 2.55. The van der Waals surface area contributed by atoms with Crippen LogP contribution in [0.2, 0.25) is 0 Å². The van der Waals surface area contributed by atoms with E-state index < -0.39 is 11.6 Å². The summed E-state index contributed by atoms with van der Waals surface area (Å²) in [5.74, 6) is -1.52. The van der Waals surface area contributed by atoms with E-state index >= 15 is 0 Å². The molecule has 0 atom stereocenters. The molecule has 0 saturated heterocycles. The van der Waals surface area contributed by atoms with Gasteiger partial charge >= 0.3 is 0 Å². The SMILES string of the molecule is CCCCCCCNC1=CC(=O)c2c(O)ccc(O)c2C1=O. The maximum Gasteiger partial charge on any atom is 0.213 e. The van der Waals surface area contributed by atoms with E-state index in [0.717, 1.165) is 19.3 Å².